The number of aliphatic hydroxyl groups excluding tert-OH is 1. The number of nitrogens with one attached hydrogen (secondary N) is 1. The Morgan fingerprint density at radius 2 is 2.10 bits per heavy atom. The van der Waals surface area contributed by atoms with E-state index in [1.54, 1.807) is 0 Å². The van der Waals surface area contributed by atoms with Crippen LogP contribution in [0.1, 0.15) is 41.8 Å². The fourth-order valence-corrected chi connectivity index (χ4v) is 1.77. The molecule has 2 atom stereocenters. The number of oxazole rings is 1. The number of hydrogen-bond acceptors (Lipinski definition) is 5. The number of nitrogens with two attached hydrogens (primary N) is 1. The van der Waals surface area contributed by atoms with Crippen LogP contribution < -0.4 is 11.1 Å². The summed E-state index contributed by atoms with van der Waals surface area (Å²) in [4.78, 5) is 16.0. The smallest absolute Gasteiger partial charge is 0.277 e. The van der Waals surface area contributed by atoms with E-state index in [2.05, 4.69) is 17.2 Å². The number of aliphatic hydroxyl groups is 1. The minimum Gasteiger partial charge on any atom is -0.446 e. The second kappa shape index (κ2) is 6.51. The maximum absolute atomic E-state index is 12.0. The molecule has 4 N–H and O–H groups in total. The van der Waals surface area contributed by atoms with Crippen molar-refractivity contribution in [1.29, 1.82) is 0 Å². The number of benzene rings is 1. The lowest BCUT2D eigenvalue weighted by molar-refractivity contribution is 0.102. The first-order valence-electron chi connectivity index (χ1n) is 6.80. The van der Waals surface area contributed by atoms with E-state index in [9.17, 15) is 9.90 Å². The molecular weight excluding hydrogens is 270 g/mol. The summed E-state index contributed by atoms with van der Waals surface area (Å²) in [6, 6.07) is 6.81. The number of amides is 1. The Labute approximate surface area is 123 Å². The molecule has 2 rings (SSSR count). The molecule has 0 fully saturated rings. The van der Waals surface area contributed by atoms with Gasteiger partial charge in [0.05, 0.1) is 6.10 Å². The third-order valence-electron chi connectivity index (χ3n) is 3.18. The topological polar surface area (TPSA) is 101 Å². The molecule has 6 heteroatoms. The summed E-state index contributed by atoms with van der Waals surface area (Å²) < 4.78 is 5.13. The Hall–Kier alpha value is -2.18. The van der Waals surface area contributed by atoms with Gasteiger partial charge in [-0.3, -0.25) is 4.79 Å². The fraction of sp³-hybridized carbons (Fsp3) is 0.333. The molecule has 0 saturated carbocycles. The number of aromatic nitrogens is 1. The normalized spacial score (nSPS) is 13.7. The van der Waals surface area contributed by atoms with Crippen LogP contribution in [0.25, 0.3) is 0 Å². The van der Waals surface area contributed by atoms with Crippen molar-refractivity contribution < 1.29 is 14.3 Å². The quantitative estimate of drug-likeness (QED) is 0.780. The maximum atomic E-state index is 12.0. The van der Waals surface area contributed by atoms with Crippen molar-refractivity contribution in [3.63, 3.8) is 0 Å². The van der Waals surface area contributed by atoms with E-state index in [0.29, 0.717) is 5.69 Å². The average Bonchev–Trinajstić information content (AvgIpc) is 2.97. The lowest BCUT2D eigenvalue weighted by Crippen LogP contribution is -2.23. The van der Waals surface area contributed by atoms with Crippen LogP contribution in [0.5, 0.6) is 0 Å². The fourth-order valence-electron chi connectivity index (χ4n) is 1.77. The third kappa shape index (κ3) is 3.68. The highest BCUT2D eigenvalue weighted by Crippen LogP contribution is 2.15. The molecule has 1 aromatic heterocycles. The van der Waals surface area contributed by atoms with Gasteiger partial charge < -0.3 is 20.6 Å². The van der Waals surface area contributed by atoms with Crippen molar-refractivity contribution >= 4 is 11.6 Å². The molecular formula is C15H19N3O3. The Morgan fingerprint density at radius 3 is 2.67 bits per heavy atom. The highest BCUT2D eigenvalue weighted by atomic mass is 16.3. The van der Waals surface area contributed by atoms with Gasteiger partial charge >= 0.3 is 0 Å². The van der Waals surface area contributed by atoms with Gasteiger partial charge in [-0.05, 0) is 31.0 Å². The van der Waals surface area contributed by atoms with E-state index in [1.807, 2.05) is 24.3 Å². The van der Waals surface area contributed by atoms with Gasteiger partial charge in [0, 0.05) is 5.69 Å². The van der Waals surface area contributed by atoms with Crippen molar-refractivity contribution in [2.45, 2.75) is 32.4 Å². The van der Waals surface area contributed by atoms with Crippen LogP contribution in [0, 0.1) is 0 Å². The molecule has 6 nitrogen and oxygen atoms in total. The van der Waals surface area contributed by atoms with Gasteiger partial charge in [0.2, 0.25) is 5.89 Å². The number of rotatable bonds is 5. The van der Waals surface area contributed by atoms with E-state index in [4.69, 9.17) is 10.2 Å². The lowest BCUT2D eigenvalue weighted by Gasteiger charge is -2.09. The van der Waals surface area contributed by atoms with Crippen LogP contribution in [-0.4, -0.2) is 22.1 Å². The highest BCUT2D eigenvalue weighted by molar-refractivity contribution is 6.02. The number of nitrogens with zero attached hydrogens (tertiary/aromatic N) is 1. The van der Waals surface area contributed by atoms with Gasteiger partial charge in [0.15, 0.2) is 5.69 Å². The van der Waals surface area contributed by atoms with Gasteiger partial charge in [-0.2, -0.15) is 0 Å². The molecule has 112 valence electrons. The second-order valence-electron chi connectivity index (χ2n) is 4.84. The average molecular weight is 289 g/mol. The first-order chi connectivity index (χ1) is 10.0. The SMILES string of the molecule is CCc1ccc(NC(=O)c2coc(C(N)C(C)O)n2)cc1. The Bertz CT molecular complexity index is 605. The zero-order chi connectivity index (χ0) is 15.4. The minimum atomic E-state index is -0.804. The van der Waals surface area contributed by atoms with Gasteiger partial charge in [0.25, 0.3) is 5.91 Å². The minimum absolute atomic E-state index is 0.126. The van der Waals surface area contributed by atoms with E-state index in [0.717, 1.165) is 6.42 Å². The first-order valence-corrected chi connectivity index (χ1v) is 6.80. The molecule has 1 aromatic carbocycles. The van der Waals surface area contributed by atoms with E-state index in [-0.39, 0.29) is 17.5 Å². The molecule has 1 amide bonds. The molecule has 21 heavy (non-hydrogen) atoms. The number of carbonyl (C=O) groups is 1. The van der Waals surface area contributed by atoms with Gasteiger partial charge in [-0.1, -0.05) is 19.1 Å². The van der Waals surface area contributed by atoms with Crippen molar-refractivity contribution in [3.8, 4) is 0 Å². The van der Waals surface area contributed by atoms with E-state index in [1.165, 1.54) is 18.8 Å². The molecule has 0 bridgehead atoms. The van der Waals surface area contributed by atoms with Gasteiger partial charge in [-0.15, -0.1) is 0 Å². The number of carbonyl (C=O) groups excluding carboxylic acids is 1. The number of anilines is 1. The summed E-state index contributed by atoms with van der Waals surface area (Å²) in [6.45, 7) is 3.60. The second-order valence-corrected chi connectivity index (χ2v) is 4.84. The zero-order valence-corrected chi connectivity index (χ0v) is 12.0. The van der Waals surface area contributed by atoms with Crippen molar-refractivity contribution in [3.05, 3.63) is 47.7 Å². The molecule has 2 aromatic rings. The van der Waals surface area contributed by atoms with Crippen LogP contribution in [-0.2, 0) is 6.42 Å². The Morgan fingerprint density at radius 1 is 1.43 bits per heavy atom. The molecule has 0 spiro atoms. The lowest BCUT2D eigenvalue weighted by atomic mass is 10.1. The van der Waals surface area contributed by atoms with Crippen LogP contribution in [0.4, 0.5) is 5.69 Å². The number of aryl methyl sites for hydroxylation is 1. The monoisotopic (exact) mass is 289 g/mol. The number of hydrogen-bond donors (Lipinski definition) is 3. The summed E-state index contributed by atoms with van der Waals surface area (Å²) in [7, 11) is 0. The molecule has 0 saturated heterocycles. The Kier molecular flexibility index (Phi) is 4.72. The van der Waals surface area contributed by atoms with Crippen LogP contribution in [0.2, 0.25) is 0 Å². The van der Waals surface area contributed by atoms with Crippen LogP contribution in [0.15, 0.2) is 34.9 Å². The molecule has 1 heterocycles. The van der Waals surface area contributed by atoms with E-state index < -0.39 is 12.1 Å². The highest BCUT2D eigenvalue weighted by Gasteiger charge is 2.20. The third-order valence-corrected chi connectivity index (χ3v) is 3.18. The maximum Gasteiger partial charge on any atom is 0.277 e. The van der Waals surface area contributed by atoms with Crippen LogP contribution >= 0.6 is 0 Å². The van der Waals surface area contributed by atoms with Gasteiger partial charge in [0.1, 0.15) is 12.3 Å². The molecule has 0 aliphatic rings. The molecule has 0 radical (unpaired) electrons. The largest absolute Gasteiger partial charge is 0.446 e. The summed E-state index contributed by atoms with van der Waals surface area (Å²) in [6.07, 6.45) is 1.37. The molecule has 2 unspecified atom stereocenters. The molecule has 0 aliphatic heterocycles. The predicted molar refractivity (Wildman–Crippen MR) is 78.9 cm³/mol. The summed E-state index contributed by atoms with van der Waals surface area (Å²) in [5.74, 6) is -0.247. The summed E-state index contributed by atoms with van der Waals surface area (Å²) in [5.41, 5.74) is 7.70. The predicted octanol–water partition coefficient (Wildman–Crippen LogP) is 1.87. The van der Waals surface area contributed by atoms with Crippen molar-refractivity contribution in [2.75, 3.05) is 5.32 Å². The first kappa shape index (κ1) is 15.2. The van der Waals surface area contributed by atoms with Crippen molar-refractivity contribution in [2.24, 2.45) is 5.73 Å². The summed E-state index contributed by atoms with van der Waals surface area (Å²) >= 11 is 0. The Balaban J connectivity index is 2.06. The summed E-state index contributed by atoms with van der Waals surface area (Å²) in [5, 5.41) is 12.1. The van der Waals surface area contributed by atoms with E-state index >= 15 is 0 Å². The standard InChI is InChI=1S/C15H19N3O3/c1-3-10-4-6-11(7-5-10)17-14(20)12-8-21-15(18-12)13(16)9(2)19/h4-9,13,19H,3,16H2,1-2H3,(H,17,20). The van der Waals surface area contributed by atoms with Crippen LogP contribution in [0.3, 0.4) is 0 Å². The molecule has 0 aliphatic carbocycles. The van der Waals surface area contributed by atoms with Gasteiger partial charge in [-0.25, -0.2) is 4.98 Å². The van der Waals surface area contributed by atoms with Crippen molar-refractivity contribution in [1.82, 2.24) is 4.98 Å². The zero-order valence-electron chi connectivity index (χ0n) is 12.0.